The first kappa shape index (κ1) is 15.8. The third-order valence-electron chi connectivity index (χ3n) is 4.02. The van der Waals surface area contributed by atoms with E-state index >= 15 is 0 Å². The fourth-order valence-corrected chi connectivity index (χ4v) is 2.73. The molecule has 1 aromatic rings. The number of carbonyl (C=O) groups is 1. The molecule has 5 nitrogen and oxygen atoms in total. The number of rotatable bonds is 5. The largest absolute Gasteiger partial charge is 0.496 e. The van der Waals surface area contributed by atoms with Crippen LogP contribution in [0.15, 0.2) is 24.3 Å². The number of benzene rings is 1. The van der Waals surface area contributed by atoms with Crippen molar-refractivity contribution >= 4 is 5.91 Å². The third kappa shape index (κ3) is 3.74. The average molecular weight is 292 g/mol. The van der Waals surface area contributed by atoms with Gasteiger partial charge in [0, 0.05) is 32.3 Å². The average Bonchev–Trinajstić information content (AvgIpc) is 2.53. The van der Waals surface area contributed by atoms with Gasteiger partial charge >= 0.3 is 0 Å². The molecule has 1 fully saturated rings. The lowest BCUT2D eigenvalue weighted by Crippen LogP contribution is -2.49. The van der Waals surface area contributed by atoms with Crippen LogP contribution in [0.1, 0.15) is 18.0 Å². The zero-order chi connectivity index (χ0) is 15.2. The highest BCUT2D eigenvalue weighted by Gasteiger charge is 2.29. The Labute approximate surface area is 126 Å². The van der Waals surface area contributed by atoms with E-state index < -0.39 is 0 Å². The van der Waals surface area contributed by atoms with Gasteiger partial charge in [0.05, 0.1) is 26.2 Å². The summed E-state index contributed by atoms with van der Waals surface area (Å²) in [5, 5.41) is 0. The van der Waals surface area contributed by atoms with Crippen molar-refractivity contribution < 1.29 is 14.3 Å². The maximum atomic E-state index is 12.2. The standard InChI is InChI=1S/C16H24N2O3/c1-17-9-10-18(16(19)8-11-20-2)12-14(17)13-6-4-5-7-15(13)21-3/h4-7,14H,8-12H2,1-3H3. The summed E-state index contributed by atoms with van der Waals surface area (Å²) in [6, 6.07) is 8.18. The first-order valence-corrected chi connectivity index (χ1v) is 7.27. The first-order valence-electron chi connectivity index (χ1n) is 7.27. The summed E-state index contributed by atoms with van der Waals surface area (Å²) in [6.07, 6.45) is 0.443. The predicted molar refractivity (Wildman–Crippen MR) is 81.4 cm³/mol. The molecule has 0 spiro atoms. The molecule has 0 bridgehead atoms. The Morgan fingerprint density at radius 2 is 2.05 bits per heavy atom. The van der Waals surface area contributed by atoms with Crippen LogP contribution in [0.25, 0.3) is 0 Å². The minimum absolute atomic E-state index is 0.157. The number of carbonyl (C=O) groups excluding carboxylic acids is 1. The van der Waals surface area contributed by atoms with Crippen molar-refractivity contribution in [2.24, 2.45) is 0 Å². The fourth-order valence-electron chi connectivity index (χ4n) is 2.73. The number of nitrogens with zero attached hydrogens (tertiary/aromatic N) is 2. The molecule has 1 unspecified atom stereocenters. The molecule has 0 N–H and O–H groups in total. The van der Waals surface area contributed by atoms with Crippen LogP contribution in [-0.2, 0) is 9.53 Å². The molecule has 1 saturated heterocycles. The minimum atomic E-state index is 0.157. The van der Waals surface area contributed by atoms with Gasteiger partial charge in [-0.1, -0.05) is 18.2 Å². The summed E-state index contributed by atoms with van der Waals surface area (Å²) in [7, 11) is 5.39. The smallest absolute Gasteiger partial charge is 0.224 e. The summed E-state index contributed by atoms with van der Waals surface area (Å²) in [6.45, 7) is 2.80. The quantitative estimate of drug-likeness (QED) is 0.826. The zero-order valence-electron chi connectivity index (χ0n) is 13.0. The lowest BCUT2D eigenvalue weighted by atomic mass is 10.0. The van der Waals surface area contributed by atoms with Gasteiger partial charge in [-0.25, -0.2) is 0 Å². The molecule has 1 aromatic carbocycles. The van der Waals surface area contributed by atoms with E-state index in [4.69, 9.17) is 9.47 Å². The molecule has 5 heteroatoms. The lowest BCUT2D eigenvalue weighted by Gasteiger charge is -2.40. The van der Waals surface area contributed by atoms with E-state index in [-0.39, 0.29) is 11.9 Å². The van der Waals surface area contributed by atoms with E-state index in [1.165, 1.54) is 0 Å². The monoisotopic (exact) mass is 292 g/mol. The van der Waals surface area contributed by atoms with Crippen molar-refractivity contribution in [3.8, 4) is 5.75 Å². The number of hydrogen-bond acceptors (Lipinski definition) is 4. The molecular weight excluding hydrogens is 268 g/mol. The maximum Gasteiger partial charge on any atom is 0.224 e. The number of amides is 1. The highest BCUT2D eigenvalue weighted by Crippen LogP contribution is 2.31. The Hall–Kier alpha value is -1.59. The number of hydrogen-bond donors (Lipinski definition) is 0. The van der Waals surface area contributed by atoms with E-state index in [1.807, 2.05) is 23.1 Å². The Morgan fingerprint density at radius 3 is 2.76 bits per heavy atom. The highest BCUT2D eigenvalue weighted by molar-refractivity contribution is 5.76. The highest BCUT2D eigenvalue weighted by atomic mass is 16.5. The van der Waals surface area contributed by atoms with Gasteiger partial charge in [0.1, 0.15) is 5.75 Å². The van der Waals surface area contributed by atoms with Crippen LogP contribution < -0.4 is 4.74 Å². The van der Waals surface area contributed by atoms with Crippen molar-refractivity contribution in [3.05, 3.63) is 29.8 Å². The topological polar surface area (TPSA) is 42.0 Å². The van der Waals surface area contributed by atoms with Crippen LogP contribution in [0, 0.1) is 0 Å². The number of likely N-dealkylation sites (N-methyl/N-ethyl adjacent to an activating group) is 1. The normalized spacial score (nSPS) is 19.6. The van der Waals surface area contributed by atoms with Crippen molar-refractivity contribution in [1.29, 1.82) is 0 Å². The second kappa shape index (κ2) is 7.43. The van der Waals surface area contributed by atoms with E-state index in [9.17, 15) is 4.79 Å². The SMILES string of the molecule is COCCC(=O)N1CCN(C)C(c2ccccc2OC)C1. The van der Waals surface area contributed by atoms with Gasteiger partial charge in [-0.05, 0) is 13.1 Å². The Balaban J connectivity index is 2.12. The molecule has 0 aliphatic carbocycles. The Morgan fingerprint density at radius 1 is 1.29 bits per heavy atom. The van der Waals surface area contributed by atoms with Gasteiger partial charge in [-0.15, -0.1) is 0 Å². The molecule has 1 amide bonds. The first-order chi connectivity index (χ1) is 10.2. The van der Waals surface area contributed by atoms with Gasteiger partial charge in [-0.2, -0.15) is 0 Å². The molecule has 1 aliphatic rings. The maximum absolute atomic E-state index is 12.2. The number of piperazine rings is 1. The van der Waals surface area contributed by atoms with Gasteiger partial charge in [0.15, 0.2) is 0 Å². The molecule has 0 aromatic heterocycles. The second-order valence-electron chi connectivity index (χ2n) is 5.32. The Bertz CT molecular complexity index is 478. The molecule has 1 atom stereocenters. The molecule has 116 valence electrons. The van der Waals surface area contributed by atoms with Crippen LogP contribution in [0.5, 0.6) is 5.75 Å². The summed E-state index contributed by atoms with van der Waals surface area (Å²) < 4.78 is 10.5. The fraction of sp³-hybridized carbons (Fsp3) is 0.562. The molecule has 0 radical (unpaired) electrons. The van der Waals surface area contributed by atoms with Crippen LogP contribution in [0.3, 0.4) is 0 Å². The number of ether oxygens (including phenoxy) is 2. The van der Waals surface area contributed by atoms with Gasteiger partial charge in [0.25, 0.3) is 0 Å². The Kier molecular flexibility index (Phi) is 5.59. The van der Waals surface area contributed by atoms with E-state index in [0.717, 1.165) is 24.4 Å². The van der Waals surface area contributed by atoms with E-state index in [1.54, 1.807) is 14.2 Å². The summed E-state index contributed by atoms with van der Waals surface area (Å²) in [4.78, 5) is 16.4. The summed E-state index contributed by atoms with van der Waals surface area (Å²) in [5.74, 6) is 1.03. The van der Waals surface area contributed by atoms with Crippen LogP contribution in [-0.4, -0.2) is 63.2 Å². The minimum Gasteiger partial charge on any atom is -0.496 e. The predicted octanol–water partition coefficient (Wildman–Crippen LogP) is 1.55. The molecular formula is C16H24N2O3. The third-order valence-corrected chi connectivity index (χ3v) is 4.02. The van der Waals surface area contributed by atoms with Crippen molar-refractivity contribution in [1.82, 2.24) is 9.80 Å². The van der Waals surface area contributed by atoms with Gasteiger partial charge in [0.2, 0.25) is 5.91 Å². The van der Waals surface area contributed by atoms with Gasteiger partial charge in [-0.3, -0.25) is 9.69 Å². The summed E-state index contributed by atoms with van der Waals surface area (Å²) in [5.41, 5.74) is 1.13. The summed E-state index contributed by atoms with van der Waals surface area (Å²) >= 11 is 0. The van der Waals surface area contributed by atoms with Crippen molar-refractivity contribution in [2.45, 2.75) is 12.5 Å². The molecule has 21 heavy (non-hydrogen) atoms. The molecule has 0 saturated carbocycles. The van der Waals surface area contributed by atoms with E-state index in [0.29, 0.717) is 19.6 Å². The van der Waals surface area contributed by atoms with Crippen molar-refractivity contribution in [3.63, 3.8) is 0 Å². The van der Waals surface area contributed by atoms with Crippen LogP contribution >= 0.6 is 0 Å². The zero-order valence-corrected chi connectivity index (χ0v) is 13.0. The number of methoxy groups -OCH3 is 2. The number of para-hydroxylation sites is 1. The van der Waals surface area contributed by atoms with Crippen molar-refractivity contribution in [2.75, 3.05) is 47.5 Å². The lowest BCUT2D eigenvalue weighted by molar-refractivity contribution is -0.135. The van der Waals surface area contributed by atoms with E-state index in [2.05, 4.69) is 18.0 Å². The molecule has 1 aliphatic heterocycles. The van der Waals surface area contributed by atoms with Gasteiger partial charge < -0.3 is 14.4 Å². The van der Waals surface area contributed by atoms with Crippen LogP contribution in [0.4, 0.5) is 0 Å². The second-order valence-corrected chi connectivity index (χ2v) is 5.32. The van der Waals surface area contributed by atoms with Crippen LogP contribution in [0.2, 0.25) is 0 Å². The molecule has 2 rings (SSSR count). The molecule has 1 heterocycles.